The van der Waals surface area contributed by atoms with Gasteiger partial charge in [0.1, 0.15) is 5.76 Å². The van der Waals surface area contributed by atoms with Crippen molar-refractivity contribution in [3.63, 3.8) is 0 Å². The molecule has 26 heavy (non-hydrogen) atoms. The number of hydrogen-bond acceptors (Lipinski definition) is 3. The topological polar surface area (TPSA) is 43.9 Å². The van der Waals surface area contributed by atoms with Crippen LogP contribution in [0.5, 0.6) is 0 Å². The summed E-state index contributed by atoms with van der Waals surface area (Å²) in [5.41, 5.74) is 5.89. The Balaban J connectivity index is 1.68. The summed E-state index contributed by atoms with van der Waals surface area (Å²) < 4.78 is 34.3. The zero-order valence-corrected chi connectivity index (χ0v) is 15.4. The van der Waals surface area contributed by atoms with E-state index in [1.54, 1.807) is 0 Å². The zero-order valence-electron chi connectivity index (χ0n) is 15.4. The molecular weight excluding hydrogens is 336 g/mol. The molecule has 1 fully saturated rings. The lowest BCUT2D eigenvalue weighted by molar-refractivity contribution is -0.0472. The molecule has 0 spiro atoms. The van der Waals surface area contributed by atoms with Crippen molar-refractivity contribution in [2.45, 2.75) is 58.9 Å². The molecule has 0 unspecified atom stereocenters. The first-order valence-corrected chi connectivity index (χ1v) is 9.10. The van der Waals surface area contributed by atoms with Gasteiger partial charge in [0, 0.05) is 42.9 Å². The minimum atomic E-state index is -2.48. The third-order valence-electron chi connectivity index (χ3n) is 5.51. The van der Waals surface area contributed by atoms with E-state index in [-0.39, 0.29) is 18.8 Å². The van der Waals surface area contributed by atoms with Crippen LogP contribution < -0.4 is 0 Å². The highest BCUT2D eigenvalue weighted by molar-refractivity contribution is 5.84. The number of rotatable bonds is 3. The lowest BCUT2D eigenvalue weighted by Gasteiger charge is -2.28. The Morgan fingerprint density at radius 2 is 1.96 bits per heavy atom. The molecule has 1 aliphatic rings. The summed E-state index contributed by atoms with van der Waals surface area (Å²) in [5, 5.41) is 4.03. The Bertz CT molecular complexity index is 928. The number of hydrogen-bond donors (Lipinski definition) is 0. The predicted octanol–water partition coefficient (Wildman–Crippen LogP) is 5.44. The van der Waals surface area contributed by atoms with Crippen LogP contribution >= 0.6 is 0 Å². The van der Waals surface area contributed by atoms with Gasteiger partial charge in [-0.1, -0.05) is 5.16 Å². The second kappa shape index (κ2) is 6.18. The summed E-state index contributed by atoms with van der Waals surface area (Å²) >= 11 is 0. The normalized spacial score (nSPS) is 17.9. The Labute approximate surface area is 151 Å². The van der Waals surface area contributed by atoms with E-state index in [2.05, 4.69) is 27.0 Å². The SMILES string of the molecule is Cc1noc(C)c1-c1cnc2c(C)cn(CC3CCC(F)(F)CC3)c2c1. The number of aryl methyl sites for hydroxylation is 3. The molecule has 6 heteroatoms. The van der Waals surface area contributed by atoms with Crippen LogP contribution in [0, 0.1) is 26.7 Å². The van der Waals surface area contributed by atoms with E-state index in [0.29, 0.717) is 12.8 Å². The molecule has 3 aromatic rings. The third-order valence-corrected chi connectivity index (χ3v) is 5.51. The Kier molecular flexibility index (Phi) is 4.09. The van der Waals surface area contributed by atoms with E-state index in [1.807, 2.05) is 27.0 Å². The lowest BCUT2D eigenvalue weighted by Crippen LogP contribution is -2.26. The van der Waals surface area contributed by atoms with E-state index < -0.39 is 5.92 Å². The first kappa shape index (κ1) is 17.2. The summed E-state index contributed by atoms with van der Waals surface area (Å²) in [6.45, 7) is 6.61. The van der Waals surface area contributed by atoms with Crippen molar-refractivity contribution in [3.05, 3.63) is 35.5 Å². The largest absolute Gasteiger partial charge is 0.361 e. The van der Waals surface area contributed by atoms with Crippen LogP contribution in [0.4, 0.5) is 8.78 Å². The Morgan fingerprint density at radius 1 is 1.23 bits per heavy atom. The van der Waals surface area contributed by atoms with Gasteiger partial charge >= 0.3 is 0 Å². The molecule has 0 amide bonds. The highest BCUT2D eigenvalue weighted by atomic mass is 19.3. The molecule has 0 N–H and O–H groups in total. The van der Waals surface area contributed by atoms with Crippen molar-refractivity contribution < 1.29 is 13.3 Å². The maximum Gasteiger partial charge on any atom is 0.248 e. The molecular formula is C20H23F2N3O. The van der Waals surface area contributed by atoms with E-state index in [1.165, 1.54) is 0 Å². The van der Waals surface area contributed by atoms with Crippen molar-refractivity contribution in [3.8, 4) is 11.1 Å². The van der Waals surface area contributed by atoms with Gasteiger partial charge in [-0.25, -0.2) is 8.78 Å². The second-order valence-corrected chi connectivity index (χ2v) is 7.55. The quantitative estimate of drug-likeness (QED) is 0.625. The van der Waals surface area contributed by atoms with Crippen molar-refractivity contribution in [2.24, 2.45) is 5.92 Å². The summed E-state index contributed by atoms with van der Waals surface area (Å²) in [5.74, 6) is -1.43. The third kappa shape index (κ3) is 3.02. The number of nitrogens with zero attached hydrogens (tertiary/aromatic N) is 3. The molecule has 0 aliphatic heterocycles. The molecule has 1 saturated carbocycles. The van der Waals surface area contributed by atoms with Gasteiger partial charge in [-0.2, -0.15) is 0 Å². The van der Waals surface area contributed by atoms with Crippen LogP contribution in [-0.2, 0) is 6.54 Å². The fraction of sp³-hybridized carbons (Fsp3) is 0.500. The average Bonchev–Trinajstić information content (AvgIpc) is 3.09. The van der Waals surface area contributed by atoms with Gasteiger partial charge in [-0.05, 0) is 51.2 Å². The molecule has 0 radical (unpaired) electrons. The van der Waals surface area contributed by atoms with Crippen LogP contribution in [-0.4, -0.2) is 20.6 Å². The van der Waals surface area contributed by atoms with Gasteiger partial charge in [0.2, 0.25) is 5.92 Å². The summed E-state index contributed by atoms with van der Waals surface area (Å²) in [6.07, 6.45) is 5.08. The number of pyridine rings is 1. The molecule has 3 aromatic heterocycles. The number of alkyl halides is 2. The van der Waals surface area contributed by atoms with Gasteiger partial charge in [-0.15, -0.1) is 0 Å². The van der Waals surface area contributed by atoms with Crippen LogP contribution in [0.3, 0.4) is 0 Å². The van der Waals surface area contributed by atoms with E-state index >= 15 is 0 Å². The molecule has 138 valence electrons. The fourth-order valence-electron chi connectivity index (χ4n) is 4.08. The molecule has 1 aliphatic carbocycles. The van der Waals surface area contributed by atoms with Gasteiger partial charge in [0.05, 0.1) is 16.7 Å². The first-order chi connectivity index (χ1) is 12.3. The smallest absolute Gasteiger partial charge is 0.248 e. The van der Waals surface area contributed by atoms with Crippen molar-refractivity contribution in [2.75, 3.05) is 0 Å². The van der Waals surface area contributed by atoms with Crippen molar-refractivity contribution in [1.82, 2.24) is 14.7 Å². The van der Waals surface area contributed by atoms with Crippen LogP contribution in [0.25, 0.3) is 22.2 Å². The molecule has 4 rings (SSSR count). The van der Waals surface area contributed by atoms with E-state index in [4.69, 9.17) is 4.52 Å². The molecule has 3 heterocycles. The van der Waals surface area contributed by atoms with Gasteiger partial charge in [0.25, 0.3) is 0 Å². The monoisotopic (exact) mass is 359 g/mol. The van der Waals surface area contributed by atoms with Crippen LogP contribution in [0.15, 0.2) is 23.0 Å². The second-order valence-electron chi connectivity index (χ2n) is 7.55. The Hall–Kier alpha value is -2.24. The Morgan fingerprint density at radius 3 is 2.62 bits per heavy atom. The predicted molar refractivity (Wildman–Crippen MR) is 96.3 cm³/mol. The number of aromatic nitrogens is 3. The standard InChI is InChI=1S/C20H23F2N3O/c1-12-10-25(11-15-4-6-20(21,22)7-5-15)17-8-16(9-23-19(12)17)18-13(2)24-26-14(18)3/h8-10,15H,4-7,11H2,1-3H3. The maximum absolute atomic E-state index is 13.4. The van der Waals surface area contributed by atoms with E-state index in [0.717, 1.165) is 45.7 Å². The highest BCUT2D eigenvalue weighted by Crippen LogP contribution is 2.37. The summed E-state index contributed by atoms with van der Waals surface area (Å²) in [6, 6.07) is 2.11. The molecule has 0 saturated heterocycles. The van der Waals surface area contributed by atoms with Gasteiger partial charge in [0.15, 0.2) is 0 Å². The fourth-order valence-corrected chi connectivity index (χ4v) is 4.08. The molecule has 0 atom stereocenters. The zero-order chi connectivity index (χ0) is 18.5. The maximum atomic E-state index is 13.4. The molecule has 4 nitrogen and oxygen atoms in total. The molecule has 0 bridgehead atoms. The van der Waals surface area contributed by atoms with Crippen LogP contribution in [0.1, 0.15) is 42.7 Å². The molecule has 0 aromatic carbocycles. The minimum Gasteiger partial charge on any atom is -0.361 e. The lowest BCUT2D eigenvalue weighted by atomic mass is 9.87. The van der Waals surface area contributed by atoms with E-state index in [9.17, 15) is 8.78 Å². The number of fused-ring (bicyclic) bond motifs is 1. The summed E-state index contributed by atoms with van der Waals surface area (Å²) in [7, 11) is 0. The first-order valence-electron chi connectivity index (χ1n) is 9.10. The average molecular weight is 359 g/mol. The number of halogens is 2. The van der Waals surface area contributed by atoms with Gasteiger partial charge < -0.3 is 9.09 Å². The minimum absolute atomic E-state index is 0.00156. The van der Waals surface area contributed by atoms with Crippen molar-refractivity contribution >= 4 is 11.0 Å². The van der Waals surface area contributed by atoms with Crippen LogP contribution in [0.2, 0.25) is 0 Å². The van der Waals surface area contributed by atoms with Gasteiger partial charge in [-0.3, -0.25) is 4.98 Å². The highest BCUT2D eigenvalue weighted by Gasteiger charge is 2.35. The summed E-state index contributed by atoms with van der Waals surface area (Å²) in [4.78, 5) is 4.65. The van der Waals surface area contributed by atoms with Crippen molar-refractivity contribution in [1.29, 1.82) is 0 Å².